The van der Waals surface area contributed by atoms with Gasteiger partial charge in [0.15, 0.2) is 0 Å². The van der Waals surface area contributed by atoms with Crippen molar-refractivity contribution >= 4 is 11.9 Å². The number of carbonyl (C=O) groups is 2. The molecule has 0 unspecified atom stereocenters. The molecule has 1 aliphatic rings. The van der Waals surface area contributed by atoms with Gasteiger partial charge in [0.2, 0.25) is 0 Å². The molecular weight excluding hydrogens is 497 g/mol. The van der Waals surface area contributed by atoms with Crippen LogP contribution >= 0.6 is 0 Å². The Balaban J connectivity index is 1.59. The number of benzene rings is 2. The predicted molar refractivity (Wildman–Crippen MR) is 147 cm³/mol. The Kier molecular flexibility index (Phi) is 9.30. The second-order valence-corrected chi connectivity index (χ2v) is 10.4. The lowest BCUT2D eigenvalue weighted by atomic mass is 10.0. The smallest absolute Gasteiger partial charge is 0.323 e. The molecule has 1 saturated carbocycles. The number of aryl methyl sites for hydroxylation is 1. The lowest BCUT2D eigenvalue weighted by Crippen LogP contribution is -2.36. The van der Waals surface area contributed by atoms with E-state index in [9.17, 15) is 14.0 Å². The van der Waals surface area contributed by atoms with E-state index >= 15 is 0 Å². The number of halogens is 1. The number of nitrogens with two attached hydrogens (primary N) is 1. The van der Waals surface area contributed by atoms with Gasteiger partial charge in [-0.2, -0.15) is 0 Å². The fourth-order valence-corrected chi connectivity index (χ4v) is 4.50. The van der Waals surface area contributed by atoms with Crippen LogP contribution in [0.5, 0.6) is 5.75 Å². The maximum absolute atomic E-state index is 14.0. The molecule has 1 fully saturated rings. The largest absolute Gasteiger partial charge is 0.490 e. The monoisotopic (exact) mass is 533 g/mol. The molecule has 7 nitrogen and oxygen atoms in total. The minimum absolute atomic E-state index is 0.00324. The molecular formula is C31H36FN3O4. The van der Waals surface area contributed by atoms with Crippen LogP contribution in [0.25, 0.3) is 11.3 Å². The van der Waals surface area contributed by atoms with Gasteiger partial charge in [-0.3, -0.25) is 14.6 Å². The van der Waals surface area contributed by atoms with E-state index in [4.69, 9.17) is 15.2 Å². The number of hydrogen-bond acceptors (Lipinski definition) is 6. The van der Waals surface area contributed by atoms with Crippen LogP contribution in [0.15, 0.2) is 54.7 Å². The molecule has 1 aromatic heterocycles. The van der Waals surface area contributed by atoms with E-state index in [1.54, 1.807) is 43.5 Å². The third-order valence-corrected chi connectivity index (χ3v) is 7.03. The first kappa shape index (κ1) is 28.2. The quantitative estimate of drug-likeness (QED) is 0.335. The van der Waals surface area contributed by atoms with Crippen LogP contribution in [-0.4, -0.2) is 29.0 Å². The molecule has 0 saturated heterocycles. The van der Waals surface area contributed by atoms with Crippen molar-refractivity contribution in [3.05, 3.63) is 82.8 Å². The third-order valence-electron chi connectivity index (χ3n) is 7.03. The van der Waals surface area contributed by atoms with E-state index < -0.39 is 12.0 Å². The molecule has 0 aliphatic heterocycles. The van der Waals surface area contributed by atoms with Crippen molar-refractivity contribution in [2.75, 3.05) is 0 Å². The summed E-state index contributed by atoms with van der Waals surface area (Å²) in [7, 11) is 0. The zero-order chi connectivity index (χ0) is 27.9. The molecule has 206 valence electrons. The average Bonchev–Trinajstić information content (AvgIpc) is 3.45. The van der Waals surface area contributed by atoms with Crippen LogP contribution in [0.4, 0.5) is 4.39 Å². The van der Waals surface area contributed by atoms with Crippen LogP contribution < -0.4 is 15.8 Å². The molecule has 0 bridgehead atoms. The number of ether oxygens (including phenoxy) is 2. The van der Waals surface area contributed by atoms with E-state index in [0.717, 1.165) is 25.7 Å². The number of amides is 1. The van der Waals surface area contributed by atoms with Crippen LogP contribution in [0.1, 0.15) is 66.6 Å². The Bertz CT molecular complexity index is 1320. The van der Waals surface area contributed by atoms with E-state index in [1.807, 2.05) is 26.0 Å². The number of carbonyl (C=O) groups excluding carboxylic acids is 2. The molecule has 4 rings (SSSR count). The molecule has 0 radical (unpaired) electrons. The summed E-state index contributed by atoms with van der Waals surface area (Å²) >= 11 is 0. The Hall–Kier alpha value is -3.78. The molecule has 1 aliphatic carbocycles. The molecule has 0 spiro atoms. The van der Waals surface area contributed by atoms with Gasteiger partial charge in [0.25, 0.3) is 5.91 Å². The standard InChI is InChI=1S/C31H36FN3O4/c1-19(2)28(33)31(37)38-18-23-7-6-14-34-29(23)22-12-13-27(39-24-8-4-5-9-24)25(16-22)30(36)35-17-21-11-10-20(3)26(32)15-21/h6-7,10-16,19,24,28H,4-5,8-9,17-18,33H2,1-3H3,(H,35,36)/t28-/m0/s1. The highest BCUT2D eigenvalue weighted by Gasteiger charge is 2.23. The van der Waals surface area contributed by atoms with Crippen molar-refractivity contribution in [2.45, 2.75) is 71.8 Å². The molecule has 1 amide bonds. The molecule has 1 atom stereocenters. The first-order valence-electron chi connectivity index (χ1n) is 13.4. The van der Waals surface area contributed by atoms with Crippen molar-refractivity contribution in [2.24, 2.45) is 11.7 Å². The Morgan fingerprint density at radius 3 is 2.62 bits per heavy atom. The number of nitrogens with zero attached hydrogens (tertiary/aromatic N) is 1. The second kappa shape index (κ2) is 12.8. The third kappa shape index (κ3) is 7.20. The van der Waals surface area contributed by atoms with E-state index in [1.165, 1.54) is 6.07 Å². The summed E-state index contributed by atoms with van der Waals surface area (Å²) in [5.74, 6) is -0.682. The van der Waals surface area contributed by atoms with Gasteiger partial charge in [0.05, 0.1) is 17.4 Å². The van der Waals surface area contributed by atoms with Crippen LogP contribution in [-0.2, 0) is 22.7 Å². The van der Waals surface area contributed by atoms with Gasteiger partial charge in [-0.15, -0.1) is 0 Å². The highest BCUT2D eigenvalue weighted by molar-refractivity contribution is 5.98. The number of rotatable bonds is 10. The van der Waals surface area contributed by atoms with Crippen molar-refractivity contribution in [1.29, 1.82) is 0 Å². The number of aromatic nitrogens is 1. The Morgan fingerprint density at radius 2 is 1.90 bits per heavy atom. The minimum atomic E-state index is -0.713. The number of nitrogens with one attached hydrogen (secondary N) is 1. The van der Waals surface area contributed by atoms with Crippen LogP contribution in [0.3, 0.4) is 0 Å². The van der Waals surface area contributed by atoms with E-state index in [-0.39, 0.29) is 36.9 Å². The summed E-state index contributed by atoms with van der Waals surface area (Å²) < 4.78 is 25.7. The van der Waals surface area contributed by atoms with E-state index in [0.29, 0.717) is 39.3 Å². The number of hydrogen-bond donors (Lipinski definition) is 2. The lowest BCUT2D eigenvalue weighted by Gasteiger charge is -2.18. The first-order valence-corrected chi connectivity index (χ1v) is 13.4. The van der Waals surface area contributed by atoms with Crippen LogP contribution in [0.2, 0.25) is 0 Å². The van der Waals surface area contributed by atoms with Crippen molar-refractivity contribution < 1.29 is 23.5 Å². The zero-order valence-electron chi connectivity index (χ0n) is 22.7. The molecule has 2 aromatic carbocycles. The summed E-state index contributed by atoms with van der Waals surface area (Å²) in [6.45, 7) is 5.59. The predicted octanol–water partition coefficient (Wildman–Crippen LogP) is 5.47. The summed E-state index contributed by atoms with van der Waals surface area (Å²) in [4.78, 5) is 30.2. The summed E-state index contributed by atoms with van der Waals surface area (Å²) in [5, 5.41) is 2.89. The first-order chi connectivity index (χ1) is 18.7. The topological polar surface area (TPSA) is 104 Å². The second-order valence-electron chi connectivity index (χ2n) is 10.4. The summed E-state index contributed by atoms with van der Waals surface area (Å²) in [5.41, 5.74) is 9.46. The maximum atomic E-state index is 14.0. The van der Waals surface area contributed by atoms with Gasteiger partial charge >= 0.3 is 5.97 Å². The summed E-state index contributed by atoms with van der Waals surface area (Å²) in [6.07, 6.45) is 5.79. The van der Waals surface area contributed by atoms with Crippen molar-refractivity contribution in [3.63, 3.8) is 0 Å². The lowest BCUT2D eigenvalue weighted by molar-refractivity contribution is -0.147. The van der Waals surface area contributed by atoms with Crippen molar-refractivity contribution in [1.82, 2.24) is 10.3 Å². The molecule has 8 heteroatoms. The van der Waals surface area contributed by atoms with Gasteiger partial charge in [-0.25, -0.2) is 4.39 Å². The highest BCUT2D eigenvalue weighted by Crippen LogP contribution is 2.31. The number of esters is 1. The van der Waals surface area contributed by atoms with Gasteiger partial charge in [-0.05, 0) is 80.0 Å². The number of pyridine rings is 1. The van der Waals surface area contributed by atoms with Gasteiger partial charge < -0.3 is 20.5 Å². The Labute approximate surface area is 228 Å². The SMILES string of the molecule is Cc1ccc(CNC(=O)c2cc(-c3ncccc3COC(=O)[C@@H](N)C(C)C)ccc2OC2CCCC2)cc1F. The molecule has 1 heterocycles. The molecule has 3 aromatic rings. The maximum Gasteiger partial charge on any atom is 0.323 e. The fourth-order valence-electron chi connectivity index (χ4n) is 4.50. The van der Waals surface area contributed by atoms with Gasteiger partial charge in [0.1, 0.15) is 24.2 Å². The van der Waals surface area contributed by atoms with Gasteiger partial charge in [0, 0.05) is 23.9 Å². The van der Waals surface area contributed by atoms with Gasteiger partial charge in [-0.1, -0.05) is 32.0 Å². The zero-order valence-corrected chi connectivity index (χ0v) is 22.7. The average molecular weight is 534 g/mol. The van der Waals surface area contributed by atoms with E-state index in [2.05, 4.69) is 10.3 Å². The normalized spacial score (nSPS) is 14.3. The summed E-state index contributed by atoms with van der Waals surface area (Å²) in [6, 6.07) is 13.2. The minimum Gasteiger partial charge on any atom is -0.490 e. The van der Waals surface area contributed by atoms with Crippen LogP contribution in [0, 0.1) is 18.7 Å². The molecule has 3 N–H and O–H groups in total. The highest BCUT2D eigenvalue weighted by atomic mass is 19.1. The molecule has 39 heavy (non-hydrogen) atoms. The fraction of sp³-hybridized carbons (Fsp3) is 0.387. The Morgan fingerprint density at radius 1 is 1.13 bits per heavy atom. The van der Waals surface area contributed by atoms with Crippen molar-refractivity contribution in [3.8, 4) is 17.0 Å².